The summed E-state index contributed by atoms with van der Waals surface area (Å²) in [5.74, 6) is 0. The second-order valence-corrected chi connectivity index (χ2v) is 5.80. The van der Waals surface area contributed by atoms with E-state index in [2.05, 4.69) is 29.2 Å². The van der Waals surface area contributed by atoms with Gasteiger partial charge in [0.1, 0.15) is 0 Å². The lowest BCUT2D eigenvalue weighted by Crippen LogP contribution is -2.35. The highest BCUT2D eigenvalue weighted by atomic mass is 32.1. The van der Waals surface area contributed by atoms with E-state index in [4.69, 9.17) is 10.5 Å². The van der Waals surface area contributed by atoms with Crippen LogP contribution in [-0.4, -0.2) is 31.2 Å². The number of rotatable bonds is 3. The average Bonchev–Trinajstić information content (AvgIpc) is 2.82. The lowest BCUT2D eigenvalue weighted by Gasteiger charge is -2.25. The Bertz CT molecular complexity index is 532. The number of nitrogens with zero attached hydrogens (tertiary/aromatic N) is 1. The van der Waals surface area contributed by atoms with Gasteiger partial charge in [0, 0.05) is 35.8 Å². The Labute approximate surface area is 111 Å². The van der Waals surface area contributed by atoms with E-state index >= 15 is 0 Å². The first-order chi connectivity index (χ1) is 8.86. The molecular weight excluding hydrogens is 244 g/mol. The summed E-state index contributed by atoms with van der Waals surface area (Å²) < 4.78 is 6.73. The number of hydrogen-bond donors (Lipinski definition) is 1. The van der Waals surface area contributed by atoms with Crippen molar-refractivity contribution in [1.82, 2.24) is 4.90 Å². The standard InChI is InChI=1S/C14H18N2OS/c15-9-11-2-1-3-14-13(11)8-12(18-14)10-16-4-6-17-7-5-16/h1-3,8H,4-7,9-10,15H2. The zero-order chi connectivity index (χ0) is 12.4. The third kappa shape index (κ3) is 2.42. The molecule has 0 spiro atoms. The lowest BCUT2D eigenvalue weighted by atomic mass is 10.1. The monoisotopic (exact) mass is 262 g/mol. The molecule has 96 valence electrons. The van der Waals surface area contributed by atoms with Crippen LogP contribution in [0.25, 0.3) is 10.1 Å². The maximum Gasteiger partial charge on any atom is 0.0594 e. The van der Waals surface area contributed by atoms with Crippen molar-refractivity contribution >= 4 is 21.4 Å². The third-order valence-corrected chi connectivity index (χ3v) is 4.49. The van der Waals surface area contributed by atoms with Crippen molar-refractivity contribution in [1.29, 1.82) is 0 Å². The maximum absolute atomic E-state index is 5.79. The summed E-state index contributed by atoms with van der Waals surface area (Å²) in [4.78, 5) is 3.88. The molecule has 2 aromatic rings. The van der Waals surface area contributed by atoms with Gasteiger partial charge in [0.05, 0.1) is 13.2 Å². The predicted molar refractivity (Wildman–Crippen MR) is 75.8 cm³/mol. The second-order valence-electron chi connectivity index (χ2n) is 4.63. The van der Waals surface area contributed by atoms with Crippen LogP contribution in [0.2, 0.25) is 0 Å². The van der Waals surface area contributed by atoms with E-state index in [-0.39, 0.29) is 0 Å². The molecule has 1 aromatic heterocycles. The van der Waals surface area contributed by atoms with E-state index < -0.39 is 0 Å². The van der Waals surface area contributed by atoms with Crippen LogP contribution in [0.4, 0.5) is 0 Å². The van der Waals surface area contributed by atoms with Gasteiger partial charge in [-0.05, 0) is 23.1 Å². The van der Waals surface area contributed by atoms with Crippen LogP contribution < -0.4 is 5.73 Å². The summed E-state index contributed by atoms with van der Waals surface area (Å²) in [7, 11) is 0. The first kappa shape index (κ1) is 12.1. The molecule has 3 nitrogen and oxygen atoms in total. The van der Waals surface area contributed by atoms with Crippen LogP contribution in [0.1, 0.15) is 10.4 Å². The fourth-order valence-corrected chi connectivity index (χ4v) is 3.56. The number of nitrogens with two attached hydrogens (primary N) is 1. The van der Waals surface area contributed by atoms with Crippen molar-refractivity contribution < 1.29 is 4.74 Å². The smallest absolute Gasteiger partial charge is 0.0594 e. The summed E-state index contributed by atoms with van der Waals surface area (Å²) >= 11 is 1.88. The highest BCUT2D eigenvalue weighted by Crippen LogP contribution is 2.29. The minimum atomic E-state index is 0.616. The predicted octanol–water partition coefficient (Wildman–Crippen LogP) is 2.19. The number of thiophene rings is 1. The normalized spacial score (nSPS) is 17.4. The Morgan fingerprint density at radius 1 is 1.28 bits per heavy atom. The Kier molecular flexibility index (Phi) is 3.61. The van der Waals surface area contributed by atoms with E-state index in [0.717, 1.165) is 32.8 Å². The average molecular weight is 262 g/mol. The van der Waals surface area contributed by atoms with Crippen molar-refractivity contribution in [3.8, 4) is 0 Å². The topological polar surface area (TPSA) is 38.5 Å². The zero-order valence-corrected chi connectivity index (χ0v) is 11.2. The molecule has 0 atom stereocenters. The largest absolute Gasteiger partial charge is 0.379 e. The summed E-state index contributed by atoms with van der Waals surface area (Å²) in [6.07, 6.45) is 0. The molecule has 0 aliphatic carbocycles. The van der Waals surface area contributed by atoms with Gasteiger partial charge in [-0.3, -0.25) is 4.90 Å². The molecule has 2 N–H and O–H groups in total. The van der Waals surface area contributed by atoms with E-state index in [0.29, 0.717) is 6.54 Å². The van der Waals surface area contributed by atoms with Crippen molar-refractivity contribution in [2.24, 2.45) is 5.73 Å². The Morgan fingerprint density at radius 2 is 2.11 bits per heavy atom. The van der Waals surface area contributed by atoms with Gasteiger partial charge in [0.15, 0.2) is 0 Å². The van der Waals surface area contributed by atoms with Gasteiger partial charge >= 0.3 is 0 Å². The number of ether oxygens (including phenoxy) is 1. The minimum Gasteiger partial charge on any atom is -0.379 e. The Morgan fingerprint density at radius 3 is 2.89 bits per heavy atom. The van der Waals surface area contributed by atoms with Gasteiger partial charge in [-0.2, -0.15) is 0 Å². The Balaban J connectivity index is 1.84. The fourth-order valence-electron chi connectivity index (χ4n) is 2.41. The van der Waals surface area contributed by atoms with Gasteiger partial charge in [-0.25, -0.2) is 0 Å². The molecule has 1 aliphatic rings. The highest BCUT2D eigenvalue weighted by molar-refractivity contribution is 7.19. The fraction of sp³-hybridized carbons (Fsp3) is 0.429. The second kappa shape index (κ2) is 5.36. The summed E-state index contributed by atoms with van der Waals surface area (Å²) in [5.41, 5.74) is 7.03. The van der Waals surface area contributed by atoms with E-state index in [1.54, 1.807) is 0 Å². The number of hydrogen-bond acceptors (Lipinski definition) is 4. The van der Waals surface area contributed by atoms with Gasteiger partial charge < -0.3 is 10.5 Å². The van der Waals surface area contributed by atoms with Crippen LogP contribution in [0.3, 0.4) is 0 Å². The molecule has 0 radical (unpaired) electrons. The van der Waals surface area contributed by atoms with Gasteiger partial charge in [-0.15, -0.1) is 11.3 Å². The maximum atomic E-state index is 5.79. The molecule has 1 aromatic carbocycles. The van der Waals surface area contributed by atoms with Gasteiger partial charge in [0.25, 0.3) is 0 Å². The first-order valence-electron chi connectivity index (χ1n) is 6.37. The molecule has 2 heterocycles. The molecule has 0 bridgehead atoms. The van der Waals surface area contributed by atoms with Crippen molar-refractivity contribution in [2.45, 2.75) is 13.1 Å². The summed E-state index contributed by atoms with van der Waals surface area (Å²) in [6, 6.07) is 8.70. The van der Waals surface area contributed by atoms with Gasteiger partial charge in [-0.1, -0.05) is 12.1 Å². The molecular formula is C14H18N2OS. The van der Waals surface area contributed by atoms with Crippen LogP contribution in [0, 0.1) is 0 Å². The molecule has 1 fully saturated rings. The van der Waals surface area contributed by atoms with Crippen LogP contribution >= 0.6 is 11.3 Å². The van der Waals surface area contributed by atoms with Crippen molar-refractivity contribution in [2.75, 3.05) is 26.3 Å². The highest BCUT2D eigenvalue weighted by Gasteiger charge is 2.12. The molecule has 0 amide bonds. The molecule has 0 unspecified atom stereocenters. The summed E-state index contributed by atoms with van der Waals surface area (Å²) in [6.45, 7) is 5.45. The molecule has 3 rings (SSSR count). The number of benzene rings is 1. The van der Waals surface area contributed by atoms with E-state index in [1.807, 2.05) is 11.3 Å². The first-order valence-corrected chi connectivity index (χ1v) is 7.19. The SMILES string of the molecule is NCc1cccc2sc(CN3CCOCC3)cc12. The molecule has 0 saturated carbocycles. The van der Waals surface area contributed by atoms with E-state index in [9.17, 15) is 0 Å². The van der Waals surface area contributed by atoms with Crippen LogP contribution in [-0.2, 0) is 17.8 Å². The molecule has 1 saturated heterocycles. The van der Waals surface area contributed by atoms with Crippen molar-refractivity contribution in [3.63, 3.8) is 0 Å². The van der Waals surface area contributed by atoms with E-state index in [1.165, 1.54) is 20.5 Å². The minimum absolute atomic E-state index is 0.616. The quantitative estimate of drug-likeness (QED) is 0.921. The van der Waals surface area contributed by atoms with Crippen molar-refractivity contribution in [3.05, 3.63) is 34.7 Å². The summed E-state index contributed by atoms with van der Waals surface area (Å²) in [5, 5.41) is 1.33. The zero-order valence-electron chi connectivity index (χ0n) is 10.4. The molecule has 1 aliphatic heterocycles. The molecule has 4 heteroatoms. The van der Waals surface area contributed by atoms with Crippen LogP contribution in [0.5, 0.6) is 0 Å². The number of fused-ring (bicyclic) bond motifs is 1. The lowest BCUT2D eigenvalue weighted by molar-refractivity contribution is 0.0346. The third-order valence-electron chi connectivity index (χ3n) is 3.41. The van der Waals surface area contributed by atoms with Crippen LogP contribution in [0.15, 0.2) is 24.3 Å². The molecule has 18 heavy (non-hydrogen) atoms. The van der Waals surface area contributed by atoms with Gasteiger partial charge in [0.2, 0.25) is 0 Å². The number of morpholine rings is 1. The Hall–Kier alpha value is -0.940.